The van der Waals surface area contributed by atoms with Crippen molar-refractivity contribution in [1.29, 1.82) is 0 Å². The van der Waals surface area contributed by atoms with E-state index in [-0.39, 0.29) is 64.6 Å². The Bertz CT molecular complexity index is 56.6. The first-order valence-corrected chi connectivity index (χ1v) is 2.35. The van der Waals surface area contributed by atoms with E-state index in [2.05, 4.69) is 0 Å². The Balaban J connectivity index is -0.0000000267. The van der Waals surface area contributed by atoms with Crippen LogP contribution in [0.5, 0.6) is 0 Å². The van der Waals surface area contributed by atoms with Gasteiger partial charge in [-0.15, -0.1) is 0 Å². The first-order valence-electron chi connectivity index (χ1n) is 0.783. The van der Waals surface area contributed by atoms with E-state index in [1.807, 2.05) is 0 Å². The first kappa shape index (κ1) is 22.5. The third kappa shape index (κ3) is 94.1. The van der Waals surface area contributed by atoms with Gasteiger partial charge in [0.15, 0.2) is 0 Å². The summed E-state index contributed by atoms with van der Waals surface area (Å²) in [6.45, 7) is 0. The fraction of sp³-hybridized carbons (Fsp3) is 0. The molecule has 0 fully saturated rings. The summed E-state index contributed by atoms with van der Waals surface area (Å²) in [6.07, 6.45) is 0. The van der Waals surface area contributed by atoms with E-state index < -0.39 is 7.82 Å². The Morgan fingerprint density at radius 1 is 1.00 bits per heavy atom. The van der Waals surface area contributed by atoms with Crippen molar-refractivity contribution in [3.63, 3.8) is 0 Å². The number of rotatable bonds is 0. The first-order chi connectivity index (χ1) is 2.00. The molecule has 0 saturated carbocycles. The standard InChI is InChI=1S/2Na.H3O4P.H2O/c;;1-5(2,3)4;/h;;(H3,1,2,3,4);1H2. The quantitative estimate of drug-likeness (QED) is 0.269. The monoisotopic (exact) mass is 162 g/mol. The molecule has 2 radical (unpaired) electrons. The summed E-state index contributed by atoms with van der Waals surface area (Å²) in [5, 5.41) is 0. The van der Waals surface area contributed by atoms with Crippen LogP contribution >= 0.6 is 7.82 Å². The van der Waals surface area contributed by atoms with Gasteiger partial charge in [-0.3, -0.25) is 0 Å². The topological polar surface area (TPSA) is 109 Å². The zero-order chi connectivity index (χ0) is 4.50. The van der Waals surface area contributed by atoms with E-state index in [9.17, 15) is 0 Å². The Kier molecular flexibility index (Phi) is 25.5. The second-order valence-corrected chi connectivity index (χ2v) is 1.54. The fourth-order valence-electron chi connectivity index (χ4n) is 0. The summed E-state index contributed by atoms with van der Waals surface area (Å²) in [6, 6.07) is 0. The molecule has 0 aromatic heterocycles. The largest absolute Gasteiger partial charge is 0.466 e. The van der Waals surface area contributed by atoms with E-state index >= 15 is 0 Å². The summed E-state index contributed by atoms with van der Waals surface area (Å²) < 4.78 is 8.88. The Morgan fingerprint density at radius 3 is 1.00 bits per heavy atom. The van der Waals surface area contributed by atoms with Gasteiger partial charge in [0.25, 0.3) is 0 Å². The Labute approximate surface area is 90.6 Å². The molecule has 0 aliphatic carbocycles. The molecule has 8 heteroatoms. The minimum Gasteiger partial charge on any atom is -0.412 e. The van der Waals surface area contributed by atoms with E-state index in [4.69, 9.17) is 19.2 Å². The molecule has 8 heavy (non-hydrogen) atoms. The number of hydrogen-bond donors (Lipinski definition) is 3. The van der Waals surface area contributed by atoms with Gasteiger partial charge >= 0.3 is 7.82 Å². The summed E-state index contributed by atoms with van der Waals surface area (Å²) in [5.74, 6) is 0. The van der Waals surface area contributed by atoms with Gasteiger partial charge < -0.3 is 20.2 Å². The molecule has 42 valence electrons. The zero-order valence-electron chi connectivity index (χ0n) is 4.70. The van der Waals surface area contributed by atoms with Gasteiger partial charge in [0, 0.05) is 59.1 Å². The van der Waals surface area contributed by atoms with Crippen molar-refractivity contribution in [2.75, 3.05) is 0 Å². The van der Waals surface area contributed by atoms with Gasteiger partial charge in [0.2, 0.25) is 0 Å². The minimum absolute atomic E-state index is 0. The zero-order valence-corrected chi connectivity index (χ0v) is 9.59. The molecule has 0 saturated heterocycles. The fourth-order valence-corrected chi connectivity index (χ4v) is 0. The van der Waals surface area contributed by atoms with Crippen molar-refractivity contribution in [2.45, 2.75) is 0 Å². The molecular formula is H5Na2O5P. The second-order valence-electron chi connectivity index (χ2n) is 0.513. The molecular weight excluding hydrogens is 157 g/mol. The van der Waals surface area contributed by atoms with Crippen LogP contribution in [0.1, 0.15) is 0 Å². The van der Waals surface area contributed by atoms with Crippen LogP contribution in [0.3, 0.4) is 0 Å². The summed E-state index contributed by atoms with van der Waals surface area (Å²) in [7, 11) is -4.64. The van der Waals surface area contributed by atoms with Crippen LogP contribution in [0.25, 0.3) is 0 Å². The van der Waals surface area contributed by atoms with Crippen LogP contribution in [-0.2, 0) is 4.57 Å². The van der Waals surface area contributed by atoms with Gasteiger partial charge in [-0.05, 0) is 0 Å². The third-order valence-corrected chi connectivity index (χ3v) is 0. The number of phosphoric acid groups is 1. The van der Waals surface area contributed by atoms with Gasteiger partial charge in [-0.2, -0.15) is 0 Å². The smallest absolute Gasteiger partial charge is 0.412 e. The molecule has 5 nitrogen and oxygen atoms in total. The van der Waals surface area contributed by atoms with Crippen LogP contribution < -0.4 is 0 Å². The van der Waals surface area contributed by atoms with Crippen molar-refractivity contribution in [3.8, 4) is 0 Å². The maximum atomic E-state index is 8.88. The predicted octanol–water partition coefficient (Wildman–Crippen LogP) is -2.51. The number of hydrogen-bond acceptors (Lipinski definition) is 1. The van der Waals surface area contributed by atoms with Crippen LogP contribution in [0.2, 0.25) is 0 Å². The van der Waals surface area contributed by atoms with Crippen LogP contribution in [0, 0.1) is 0 Å². The van der Waals surface area contributed by atoms with Crippen molar-refractivity contribution in [2.24, 2.45) is 0 Å². The molecule has 0 aliphatic heterocycles. The van der Waals surface area contributed by atoms with Gasteiger partial charge in [-0.1, -0.05) is 0 Å². The molecule has 0 aromatic carbocycles. The summed E-state index contributed by atoms with van der Waals surface area (Å²) in [4.78, 5) is 21.6. The molecule has 0 rings (SSSR count). The maximum Gasteiger partial charge on any atom is 0.466 e. The second kappa shape index (κ2) is 9.07. The molecule has 0 amide bonds. The molecule has 0 aliphatic rings. The molecule has 0 aromatic rings. The Hall–Kier alpha value is 2.07. The van der Waals surface area contributed by atoms with E-state index in [0.29, 0.717) is 0 Å². The third-order valence-electron chi connectivity index (χ3n) is 0. The maximum absolute atomic E-state index is 8.88. The molecule has 5 N–H and O–H groups in total. The van der Waals surface area contributed by atoms with Gasteiger partial charge in [0.1, 0.15) is 0 Å². The van der Waals surface area contributed by atoms with E-state index in [1.165, 1.54) is 0 Å². The van der Waals surface area contributed by atoms with Crippen molar-refractivity contribution < 1.29 is 24.7 Å². The van der Waals surface area contributed by atoms with Crippen molar-refractivity contribution >= 4 is 66.9 Å². The molecule has 0 atom stereocenters. The van der Waals surface area contributed by atoms with E-state index in [1.54, 1.807) is 0 Å². The molecule has 0 spiro atoms. The average molecular weight is 162 g/mol. The molecule has 0 heterocycles. The van der Waals surface area contributed by atoms with Crippen LogP contribution in [-0.4, -0.2) is 79.3 Å². The summed E-state index contributed by atoms with van der Waals surface area (Å²) in [5.41, 5.74) is 0. The molecule has 0 unspecified atom stereocenters. The predicted molar refractivity (Wildman–Crippen MR) is 29.4 cm³/mol. The van der Waals surface area contributed by atoms with Gasteiger partial charge in [-0.25, -0.2) is 4.57 Å². The van der Waals surface area contributed by atoms with Crippen molar-refractivity contribution in [1.82, 2.24) is 0 Å². The Morgan fingerprint density at radius 2 is 1.00 bits per heavy atom. The normalized spacial score (nSPS) is 7.38. The summed E-state index contributed by atoms with van der Waals surface area (Å²) >= 11 is 0. The molecule has 0 bridgehead atoms. The van der Waals surface area contributed by atoms with Crippen LogP contribution in [0.4, 0.5) is 0 Å². The average Bonchev–Trinajstić information content (AvgIpc) is 0.722. The van der Waals surface area contributed by atoms with Gasteiger partial charge in [0.05, 0.1) is 0 Å². The van der Waals surface area contributed by atoms with E-state index in [0.717, 1.165) is 0 Å². The SMILES string of the molecule is O.O=P(O)(O)O.[Na].[Na]. The van der Waals surface area contributed by atoms with Crippen LogP contribution in [0.15, 0.2) is 0 Å². The minimum atomic E-state index is -4.64. The van der Waals surface area contributed by atoms with Crippen molar-refractivity contribution in [3.05, 3.63) is 0 Å².